The largest absolute Gasteiger partial charge is 0.465 e. The molecular formula is C17H15ClF2N2O2S. The minimum Gasteiger partial charge on any atom is -0.465 e. The number of carbonyl (C=O) groups is 1. The minimum absolute atomic E-state index is 0.148. The number of nitrogens with zero attached hydrogens (tertiary/aromatic N) is 2. The number of halogens is 3. The minimum atomic E-state index is -0.848. The van der Waals surface area contributed by atoms with Crippen molar-refractivity contribution in [1.29, 1.82) is 0 Å². The molecule has 4 nitrogen and oxygen atoms in total. The van der Waals surface area contributed by atoms with Crippen molar-refractivity contribution in [2.75, 3.05) is 25.1 Å². The van der Waals surface area contributed by atoms with Gasteiger partial charge in [0, 0.05) is 13.1 Å². The summed E-state index contributed by atoms with van der Waals surface area (Å²) in [5.74, 6) is -2.19. The summed E-state index contributed by atoms with van der Waals surface area (Å²) < 4.78 is 30.9. The molecule has 2 heterocycles. The third kappa shape index (κ3) is 3.99. The topological polar surface area (TPSA) is 42.4 Å². The molecule has 0 spiro atoms. The summed E-state index contributed by atoms with van der Waals surface area (Å²) >= 11 is 7.20. The van der Waals surface area contributed by atoms with Crippen molar-refractivity contribution in [1.82, 2.24) is 4.98 Å². The zero-order chi connectivity index (χ0) is 18.0. The second-order valence-corrected chi connectivity index (χ2v) is 6.91. The first-order valence-electron chi connectivity index (χ1n) is 7.62. The van der Waals surface area contributed by atoms with Gasteiger partial charge in [0.05, 0.1) is 7.11 Å². The normalized spacial score (nSPS) is 14.6. The number of hydrogen-bond acceptors (Lipinski definition) is 5. The maximum atomic E-state index is 13.3. The van der Waals surface area contributed by atoms with Gasteiger partial charge in [-0.15, -0.1) is 0 Å². The van der Waals surface area contributed by atoms with Crippen LogP contribution in [0.15, 0.2) is 23.8 Å². The predicted molar refractivity (Wildman–Crippen MR) is 94.2 cm³/mol. The van der Waals surface area contributed by atoms with Crippen LogP contribution in [0.5, 0.6) is 0 Å². The van der Waals surface area contributed by atoms with Gasteiger partial charge in [-0.1, -0.05) is 40.7 Å². The Morgan fingerprint density at radius 2 is 2.04 bits per heavy atom. The van der Waals surface area contributed by atoms with Gasteiger partial charge in [-0.3, -0.25) is 0 Å². The number of aromatic nitrogens is 1. The number of hydrogen-bond donors (Lipinski definition) is 0. The molecule has 0 aliphatic carbocycles. The highest BCUT2D eigenvalue weighted by Gasteiger charge is 2.22. The van der Waals surface area contributed by atoms with Crippen molar-refractivity contribution in [3.8, 4) is 0 Å². The van der Waals surface area contributed by atoms with E-state index in [-0.39, 0.29) is 5.15 Å². The molecule has 1 fully saturated rings. The number of piperidine rings is 1. The quantitative estimate of drug-likeness (QED) is 0.728. The SMILES string of the molecule is COC(=O)c1sc(N2CCC(=Cc3ccc(F)c(F)c3)CC2)nc1Cl. The fourth-order valence-corrected chi connectivity index (χ4v) is 3.86. The van der Waals surface area contributed by atoms with Crippen molar-refractivity contribution in [3.63, 3.8) is 0 Å². The van der Waals surface area contributed by atoms with Crippen LogP contribution in [0.25, 0.3) is 6.08 Å². The summed E-state index contributed by atoms with van der Waals surface area (Å²) in [6, 6.07) is 3.88. The average Bonchev–Trinajstić information content (AvgIpc) is 3.00. The van der Waals surface area contributed by atoms with Gasteiger partial charge in [-0.05, 0) is 30.5 Å². The van der Waals surface area contributed by atoms with E-state index in [1.165, 1.54) is 24.5 Å². The number of carbonyl (C=O) groups excluding carboxylic acids is 1. The Labute approximate surface area is 152 Å². The monoisotopic (exact) mass is 384 g/mol. The second kappa shape index (κ2) is 7.49. The molecule has 0 atom stereocenters. The Kier molecular flexibility index (Phi) is 5.34. The smallest absolute Gasteiger partial charge is 0.351 e. The zero-order valence-corrected chi connectivity index (χ0v) is 15.0. The Hall–Kier alpha value is -1.99. The molecule has 1 aliphatic rings. The second-order valence-electron chi connectivity index (χ2n) is 5.57. The van der Waals surface area contributed by atoms with Crippen molar-refractivity contribution in [3.05, 3.63) is 51.0 Å². The molecule has 1 aromatic heterocycles. The highest BCUT2D eigenvalue weighted by atomic mass is 35.5. The number of methoxy groups -OCH3 is 1. The van der Waals surface area contributed by atoms with Crippen LogP contribution < -0.4 is 4.90 Å². The van der Waals surface area contributed by atoms with Crippen LogP contribution in [0.4, 0.5) is 13.9 Å². The number of esters is 1. The molecule has 1 aromatic carbocycles. The van der Waals surface area contributed by atoms with E-state index in [0.29, 0.717) is 28.7 Å². The van der Waals surface area contributed by atoms with E-state index in [2.05, 4.69) is 9.72 Å². The lowest BCUT2D eigenvalue weighted by Gasteiger charge is -2.28. The predicted octanol–water partition coefficient (Wildman–Crippen LogP) is 4.55. The van der Waals surface area contributed by atoms with Gasteiger partial charge >= 0.3 is 5.97 Å². The summed E-state index contributed by atoms with van der Waals surface area (Å²) in [4.78, 5) is 18.2. The molecule has 0 N–H and O–H groups in total. The Morgan fingerprint density at radius 3 is 2.68 bits per heavy atom. The van der Waals surface area contributed by atoms with Gasteiger partial charge in [0.2, 0.25) is 0 Å². The van der Waals surface area contributed by atoms with Crippen molar-refractivity contribution >= 4 is 40.1 Å². The first-order valence-corrected chi connectivity index (χ1v) is 8.81. The maximum Gasteiger partial charge on any atom is 0.351 e. The fraction of sp³-hybridized carbons (Fsp3) is 0.294. The van der Waals surface area contributed by atoms with Crippen LogP contribution in [0.3, 0.4) is 0 Å². The molecule has 3 rings (SSSR count). The van der Waals surface area contributed by atoms with Crippen LogP contribution in [-0.4, -0.2) is 31.2 Å². The highest BCUT2D eigenvalue weighted by molar-refractivity contribution is 7.18. The van der Waals surface area contributed by atoms with Gasteiger partial charge in [-0.2, -0.15) is 0 Å². The van der Waals surface area contributed by atoms with Crippen LogP contribution in [0.2, 0.25) is 5.15 Å². The molecule has 2 aromatic rings. The molecular weight excluding hydrogens is 370 g/mol. The molecule has 0 saturated carbocycles. The first kappa shape index (κ1) is 17.8. The van der Waals surface area contributed by atoms with Crippen molar-refractivity contribution in [2.45, 2.75) is 12.8 Å². The van der Waals surface area contributed by atoms with E-state index in [9.17, 15) is 13.6 Å². The standard InChI is InChI=1S/C17H15ClF2N2O2S/c1-24-16(23)14-15(18)21-17(25-14)22-6-4-10(5-7-22)8-11-2-3-12(19)13(20)9-11/h2-3,8-9H,4-7H2,1H3. The van der Waals surface area contributed by atoms with Crippen molar-refractivity contribution in [2.24, 2.45) is 0 Å². The lowest BCUT2D eigenvalue weighted by Crippen LogP contribution is -2.30. The lowest BCUT2D eigenvalue weighted by molar-refractivity contribution is 0.0606. The van der Waals surface area contributed by atoms with Crippen LogP contribution in [0.1, 0.15) is 28.1 Å². The third-order valence-electron chi connectivity index (χ3n) is 3.94. The van der Waals surface area contributed by atoms with Gasteiger partial charge in [0.25, 0.3) is 0 Å². The maximum absolute atomic E-state index is 13.3. The first-order chi connectivity index (χ1) is 12.0. The van der Waals surface area contributed by atoms with E-state index in [4.69, 9.17) is 11.6 Å². The van der Waals surface area contributed by atoms with Crippen molar-refractivity contribution < 1.29 is 18.3 Å². The van der Waals surface area contributed by atoms with Crippen LogP contribution in [0, 0.1) is 11.6 Å². The van der Waals surface area contributed by atoms with Gasteiger partial charge < -0.3 is 9.64 Å². The fourth-order valence-electron chi connectivity index (χ4n) is 2.61. The zero-order valence-electron chi connectivity index (χ0n) is 13.4. The number of ether oxygens (including phenoxy) is 1. The molecule has 1 aliphatic heterocycles. The molecule has 0 unspecified atom stereocenters. The van der Waals surface area contributed by atoms with E-state index in [1.54, 1.807) is 6.07 Å². The summed E-state index contributed by atoms with van der Waals surface area (Å²) in [7, 11) is 1.30. The molecule has 1 saturated heterocycles. The van der Waals surface area contributed by atoms with Gasteiger partial charge in [-0.25, -0.2) is 18.6 Å². The molecule has 25 heavy (non-hydrogen) atoms. The summed E-state index contributed by atoms with van der Waals surface area (Å²) in [5, 5.41) is 0.826. The Balaban J connectivity index is 1.68. The van der Waals surface area contributed by atoms with E-state index < -0.39 is 17.6 Å². The summed E-state index contributed by atoms with van der Waals surface area (Å²) in [6.07, 6.45) is 3.42. The average molecular weight is 385 g/mol. The van der Waals surface area contributed by atoms with E-state index >= 15 is 0 Å². The van der Waals surface area contributed by atoms with Gasteiger partial charge in [0.1, 0.15) is 0 Å². The lowest BCUT2D eigenvalue weighted by atomic mass is 10.0. The molecule has 0 amide bonds. The summed E-state index contributed by atoms with van der Waals surface area (Å²) in [5.41, 5.74) is 1.80. The van der Waals surface area contributed by atoms with Crippen LogP contribution in [-0.2, 0) is 4.74 Å². The van der Waals surface area contributed by atoms with E-state index in [0.717, 1.165) is 24.5 Å². The van der Waals surface area contributed by atoms with E-state index in [1.807, 2.05) is 11.0 Å². The Morgan fingerprint density at radius 1 is 1.32 bits per heavy atom. The molecule has 0 radical (unpaired) electrons. The molecule has 8 heteroatoms. The number of thiazole rings is 1. The number of benzene rings is 1. The molecule has 0 bridgehead atoms. The Bertz CT molecular complexity index is 828. The highest BCUT2D eigenvalue weighted by Crippen LogP contribution is 2.32. The van der Waals surface area contributed by atoms with Gasteiger partial charge in [0.15, 0.2) is 26.8 Å². The molecule has 132 valence electrons. The van der Waals surface area contributed by atoms with Crippen LogP contribution >= 0.6 is 22.9 Å². The third-order valence-corrected chi connectivity index (χ3v) is 5.42. The number of anilines is 1. The summed E-state index contributed by atoms with van der Waals surface area (Å²) in [6.45, 7) is 1.42. The number of rotatable bonds is 3.